The Morgan fingerprint density at radius 1 is 0.870 bits per heavy atom. The predicted molar refractivity (Wildman–Crippen MR) is 92.2 cm³/mol. The molecule has 0 atom stereocenters. The van der Waals surface area contributed by atoms with Crippen LogP contribution in [0.25, 0.3) is 0 Å². The van der Waals surface area contributed by atoms with Gasteiger partial charge >= 0.3 is 0 Å². The molecule has 2 aliphatic rings. The van der Waals surface area contributed by atoms with E-state index in [2.05, 4.69) is 0 Å². The van der Waals surface area contributed by atoms with Crippen molar-refractivity contribution in [2.24, 2.45) is 10.8 Å². The van der Waals surface area contributed by atoms with Gasteiger partial charge in [-0.05, 0) is 50.1 Å². The average molecular weight is 358 g/mol. The van der Waals surface area contributed by atoms with Gasteiger partial charge in [0.15, 0.2) is 0 Å². The summed E-state index contributed by atoms with van der Waals surface area (Å²) < 4.78 is 0. The number of carbonyl (C=O) groups is 2. The Bertz CT molecular complexity index is 508. The highest BCUT2D eigenvalue weighted by atomic mass is 32.1. The van der Waals surface area contributed by atoms with Crippen LogP contribution >= 0.6 is 24.4 Å². The molecule has 2 fully saturated rings. The summed E-state index contributed by atoms with van der Waals surface area (Å²) in [7, 11) is 3.07. The second-order valence-corrected chi connectivity index (χ2v) is 7.74. The van der Waals surface area contributed by atoms with Crippen molar-refractivity contribution in [3.8, 4) is 0 Å². The Labute approximate surface area is 147 Å². The van der Waals surface area contributed by atoms with E-state index in [9.17, 15) is 9.59 Å². The number of nitrogens with zero attached hydrogens (tertiary/aromatic N) is 2. The van der Waals surface area contributed by atoms with E-state index in [0.717, 1.165) is 35.8 Å². The minimum atomic E-state index is -0.326. The zero-order valence-electron chi connectivity index (χ0n) is 13.9. The molecule has 0 saturated heterocycles. The van der Waals surface area contributed by atoms with E-state index in [1.54, 1.807) is 0 Å². The molecule has 0 aromatic rings. The molecule has 0 radical (unpaired) electrons. The highest BCUT2D eigenvalue weighted by molar-refractivity contribution is 7.81. The van der Waals surface area contributed by atoms with Crippen molar-refractivity contribution in [3.05, 3.63) is 0 Å². The van der Waals surface area contributed by atoms with Crippen LogP contribution in [0, 0.1) is 10.8 Å². The monoisotopic (exact) mass is 358 g/mol. The number of thiocarbonyl (C=S) groups is 2. The van der Waals surface area contributed by atoms with Crippen LogP contribution in [-0.2, 0) is 19.3 Å². The maximum Gasteiger partial charge on any atom is 0.260 e. The van der Waals surface area contributed by atoms with E-state index in [1.165, 1.54) is 14.1 Å². The molecular weight excluding hydrogens is 336 g/mol. The molecule has 0 spiro atoms. The third-order valence-corrected chi connectivity index (χ3v) is 4.81. The van der Waals surface area contributed by atoms with Gasteiger partial charge in [0.25, 0.3) is 11.8 Å². The summed E-state index contributed by atoms with van der Waals surface area (Å²) in [5.41, 5.74) is -0.651. The van der Waals surface area contributed by atoms with Gasteiger partial charge in [-0.3, -0.25) is 9.59 Å². The third kappa shape index (κ3) is 4.38. The van der Waals surface area contributed by atoms with Crippen LogP contribution in [0.2, 0.25) is 0 Å². The van der Waals surface area contributed by atoms with E-state index < -0.39 is 0 Å². The minimum Gasteiger partial charge on any atom is -0.369 e. The molecule has 0 aromatic heterocycles. The molecule has 23 heavy (non-hydrogen) atoms. The molecular formula is C15H22N2O4S2. The first-order chi connectivity index (χ1) is 10.6. The lowest BCUT2D eigenvalue weighted by Gasteiger charge is -2.23. The molecule has 2 rings (SSSR count). The van der Waals surface area contributed by atoms with E-state index in [-0.39, 0.29) is 39.2 Å². The standard InChI is InChI=1S/C15H22N2O4S2/c1-14(5-6-14)12(18)16(3)20-10(22)9-11(23)21-17(4)13(19)15(2)7-8-15/h5-9H2,1-4H3. The molecule has 128 valence electrons. The molecule has 8 heteroatoms. The second kappa shape index (κ2) is 6.32. The van der Waals surface area contributed by atoms with E-state index >= 15 is 0 Å². The summed E-state index contributed by atoms with van der Waals surface area (Å²) in [5.74, 6) is -0.193. The van der Waals surface area contributed by atoms with Crippen LogP contribution < -0.4 is 0 Å². The van der Waals surface area contributed by atoms with Crippen LogP contribution in [0.15, 0.2) is 0 Å². The molecule has 0 aliphatic heterocycles. The summed E-state index contributed by atoms with van der Waals surface area (Å²) in [5, 5.41) is 2.57. The van der Waals surface area contributed by atoms with Crippen molar-refractivity contribution in [1.82, 2.24) is 10.1 Å². The fourth-order valence-corrected chi connectivity index (χ4v) is 2.71. The first-order valence-corrected chi connectivity index (χ1v) is 8.37. The van der Waals surface area contributed by atoms with Crippen molar-refractivity contribution in [1.29, 1.82) is 0 Å². The number of carbonyl (C=O) groups excluding carboxylic acids is 2. The van der Waals surface area contributed by atoms with Crippen molar-refractivity contribution < 1.29 is 19.3 Å². The molecule has 2 amide bonds. The number of hydroxylamine groups is 4. The van der Waals surface area contributed by atoms with Gasteiger partial charge in [0.1, 0.15) is 0 Å². The first kappa shape index (κ1) is 18.1. The van der Waals surface area contributed by atoms with Crippen molar-refractivity contribution in [2.75, 3.05) is 14.1 Å². The summed E-state index contributed by atoms with van der Waals surface area (Å²) in [6.07, 6.45) is 3.51. The fraction of sp³-hybridized carbons (Fsp3) is 0.733. The molecule has 2 aliphatic carbocycles. The largest absolute Gasteiger partial charge is 0.369 e. The second-order valence-electron chi connectivity index (χ2n) is 6.83. The SMILES string of the molecule is CN(OC(=S)CC(=S)ON(C)C(=O)C1(C)CC1)C(=O)C1(C)CC1. The van der Waals surface area contributed by atoms with Gasteiger partial charge in [0, 0.05) is 24.9 Å². The van der Waals surface area contributed by atoms with E-state index in [4.69, 9.17) is 34.1 Å². The minimum absolute atomic E-state index is 0.0628. The fourth-order valence-electron chi connectivity index (χ4n) is 2.13. The Hall–Kier alpha value is -1.28. The quantitative estimate of drug-likeness (QED) is 0.568. The van der Waals surface area contributed by atoms with Gasteiger partial charge in [-0.15, -0.1) is 0 Å². The molecule has 0 bridgehead atoms. The lowest BCUT2D eigenvalue weighted by Crippen LogP contribution is -2.36. The average Bonchev–Trinajstić information content (AvgIpc) is 3.37. The molecule has 6 nitrogen and oxygen atoms in total. The lowest BCUT2D eigenvalue weighted by atomic mass is 10.1. The van der Waals surface area contributed by atoms with Crippen LogP contribution in [0.5, 0.6) is 0 Å². The van der Waals surface area contributed by atoms with Gasteiger partial charge in [0.2, 0.25) is 10.1 Å². The Balaban J connectivity index is 1.75. The zero-order chi connectivity index (χ0) is 17.4. The molecule has 0 heterocycles. The van der Waals surface area contributed by atoms with Crippen LogP contribution in [0.4, 0.5) is 0 Å². The van der Waals surface area contributed by atoms with Gasteiger partial charge in [-0.1, -0.05) is 13.8 Å². The summed E-state index contributed by atoms with van der Waals surface area (Å²) in [6.45, 7) is 3.79. The molecule has 0 N–H and O–H groups in total. The van der Waals surface area contributed by atoms with E-state index in [0.29, 0.717) is 0 Å². The normalized spacial score (nSPS) is 19.3. The van der Waals surface area contributed by atoms with Crippen LogP contribution in [-0.4, -0.2) is 46.1 Å². The number of rotatable bonds is 4. The van der Waals surface area contributed by atoms with Crippen LogP contribution in [0.3, 0.4) is 0 Å². The van der Waals surface area contributed by atoms with Crippen molar-refractivity contribution in [3.63, 3.8) is 0 Å². The number of hydrogen-bond acceptors (Lipinski definition) is 6. The smallest absolute Gasteiger partial charge is 0.260 e. The third-order valence-electron chi connectivity index (χ3n) is 4.37. The highest BCUT2D eigenvalue weighted by Gasteiger charge is 2.48. The maximum atomic E-state index is 12.1. The number of amides is 2. The van der Waals surface area contributed by atoms with Gasteiger partial charge in [0.05, 0.1) is 6.42 Å². The molecule has 2 saturated carbocycles. The molecule has 0 unspecified atom stereocenters. The topological polar surface area (TPSA) is 59.1 Å². The highest BCUT2D eigenvalue weighted by Crippen LogP contribution is 2.47. The van der Waals surface area contributed by atoms with Crippen molar-refractivity contribution >= 4 is 46.4 Å². The summed E-state index contributed by atoms with van der Waals surface area (Å²) >= 11 is 10.2. The van der Waals surface area contributed by atoms with Gasteiger partial charge < -0.3 is 9.68 Å². The first-order valence-electron chi connectivity index (χ1n) is 7.55. The Morgan fingerprint density at radius 3 is 1.43 bits per heavy atom. The summed E-state index contributed by atoms with van der Waals surface area (Å²) in [6, 6.07) is 0. The molecule has 0 aromatic carbocycles. The van der Waals surface area contributed by atoms with Gasteiger partial charge in [-0.25, -0.2) is 0 Å². The van der Waals surface area contributed by atoms with Crippen LogP contribution in [0.1, 0.15) is 46.0 Å². The maximum absolute atomic E-state index is 12.1. The zero-order valence-corrected chi connectivity index (χ0v) is 15.5. The van der Waals surface area contributed by atoms with Crippen molar-refractivity contribution in [2.45, 2.75) is 46.0 Å². The Kier molecular flexibility index (Phi) is 4.96. The predicted octanol–water partition coefficient (Wildman–Crippen LogP) is 2.41. The van der Waals surface area contributed by atoms with Gasteiger partial charge in [-0.2, -0.15) is 10.1 Å². The lowest BCUT2D eigenvalue weighted by molar-refractivity contribution is -0.161. The summed E-state index contributed by atoms with van der Waals surface area (Å²) in [4.78, 5) is 34.7. The number of hydrogen-bond donors (Lipinski definition) is 0. The Morgan fingerprint density at radius 2 is 1.17 bits per heavy atom. The van der Waals surface area contributed by atoms with E-state index in [1.807, 2.05) is 13.8 Å².